The first kappa shape index (κ1) is 17.3. The predicted octanol–water partition coefficient (Wildman–Crippen LogP) is 3.50. The second-order valence-electron chi connectivity index (χ2n) is 6.24. The summed E-state index contributed by atoms with van der Waals surface area (Å²) in [5.74, 6) is 1.47. The second kappa shape index (κ2) is 7.57. The predicted molar refractivity (Wildman–Crippen MR) is 98.0 cm³/mol. The standard InChI is InChI=1S/C16H23N5OS2/c1-3-5-13-19-20-16(23)21(13)9-14(22)18-15-17-11-7-6-10(4-2)8-12(11)24-15/h10H,3-9H2,1-2H3,(H,20,23)(H,17,18,22)/t10-/m0/s1. The van der Waals surface area contributed by atoms with Gasteiger partial charge in [-0.15, -0.1) is 11.3 Å². The van der Waals surface area contributed by atoms with Gasteiger partial charge >= 0.3 is 0 Å². The summed E-state index contributed by atoms with van der Waals surface area (Å²) in [5.41, 5.74) is 1.16. The van der Waals surface area contributed by atoms with Crippen LogP contribution in [-0.4, -0.2) is 25.7 Å². The van der Waals surface area contributed by atoms with Crippen LogP contribution in [0.1, 0.15) is 49.5 Å². The van der Waals surface area contributed by atoms with Gasteiger partial charge in [0, 0.05) is 11.3 Å². The number of carbonyl (C=O) groups excluding carboxylic acids is 1. The fourth-order valence-electron chi connectivity index (χ4n) is 3.08. The van der Waals surface area contributed by atoms with Crippen molar-refractivity contribution in [3.05, 3.63) is 21.2 Å². The Morgan fingerprint density at radius 3 is 3.08 bits per heavy atom. The molecule has 0 spiro atoms. The summed E-state index contributed by atoms with van der Waals surface area (Å²) in [6.07, 6.45) is 6.27. The highest BCUT2D eigenvalue weighted by atomic mass is 32.1. The molecule has 1 aliphatic rings. The molecule has 1 aliphatic carbocycles. The zero-order chi connectivity index (χ0) is 17.1. The van der Waals surface area contributed by atoms with E-state index < -0.39 is 0 Å². The average molecular weight is 366 g/mol. The summed E-state index contributed by atoms with van der Waals surface area (Å²) in [6.45, 7) is 4.49. The molecule has 0 unspecified atom stereocenters. The van der Waals surface area contributed by atoms with E-state index in [9.17, 15) is 4.79 Å². The molecule has 2 N–H and O–H groups in total. The van der Waals surface area contributed by atoms with Gasteiger partial charge in [0.1, 0.15) is 12.4 Å². The first-order valence-electron chi connectivity index (χ1n) is 8.53. The van der Waals surface area contributed by atoms with Crippen molar-refractivity contribution in [3.8, 4) is 0 Å². The molecule has 0 aliphatic heterocycles. The van der Waals surface area contributed by atoms with Crippen molar-refractivity contribution in [1.82, 2.24) is 19.7 Å². The van der Waals surface area contributed by atoms with Crippen molar-refractivity contribution in [2.75, 3.05) is 5.32 Å². The molecular weight excluding hydrogens is 342 g/mol. The lowest BCUT2D eigenvalue weighted by Crippen LogP contribution is -2.20. The Morgan fingerprint density at radius 2 is 2.33 bits per heavy atom. The number of amides is 1. The molecule has 2 heterocycles. The first-order valence-corrected chi connectivity index (χ1v) is 9.75. The van der Waals surface area contributed by atoms with Crippen molar-refractivity contribution >= 4 is 34.6 Å². The zero-order valence-corrected chi connectivity index (χ0v) is 15.7. The summed E-state index contributed by atoms with van der Waals surface area (Å²) in [6, 6.07) is 0. The van der Waals surface area contributed by atoms with E-state index in [1.54, 1.807) is 15.9 Å². The van der Waals surface area contributed by atoms with Crippen LogP contribution in [0.2, 0.25) is 0 Å². The van der Waals surface area contributed by atoms with Gasteiger partial charge in [-0.05, 0) is 43.8 Å². The van der Waals surface area contributed by atoms with E-state index in [1.165, 1.54) is 17.7 Å². The van der Waals surface area contributed by atoms with Crippen LogP contribution in [0.4, 0.5) is 5.13 Å². The monoisotopic (exact) mass is 365 g/mol. The molecule has 0 aromatic carbocycles. The number of aryl methyl sites for hydroxylation is 2. The van der Waals surface area contributed by atoms with Crippen LogP contribution in [0.5, 0.6) is 0 Å². The fourth-order valence-corrected chi connectivity index (χ4v) is 4.43. The van der Waals surface area contributed by atoms with E-state index in [1.807, 2.05) is 0 Å². The lowest BCUT2D eigenvalue weighted by Gasteiger charge is -2.18. The van der Waals surface area contributed by atoms with Crippen molar-refractivity contribution in [1.29, 1.82) is 0 Å². The van der Waals surface area contributed by atoms with Gasteiger partial charge in [0.15, 0.2) is 9.90 Å². The lowest BCUT2D eigenvalue weighted by atomic mass is 9.89. The number of aromatic amines is 1. The highest BCUT2D eigenvalue weighted by molar-refractivity contribution is 7.71. The number of rotatable bonds is 6. The van der Waals surface area contributed by atoms with Crippen LogP contribution in [0.15, 0.2) is 0 Å². The van der Waals surface area contributed by atoms with Gasteiger partial charge < -0.3 is 5.32 Å². The van der Waals surface area contributed by atoms with Crippen LogP contribution >= 0.6 is 23.6 Å². The quantitative estimate of drug-likeness (QED) is 0.768. The van der Waals surface area contributed by atoms with E-state index >= 15 is 0 Å². The normalized spacial score (nSPS) is 16.8. The molecule has 6 nitrogen and oxygen atoms in total. The molecule has 8 heteroatoms. The number of thiazole rings is 1. The van der Waals surface area contributed by atoms with Gasteiger partial charge in [0.2, 0.25) is 5.91 Å². The van der Waals surface area contributed by atoms with Gasteiger partial charge in [-0.3, -0.25) is 14.5 Å². The smallest absolute Gasteiger partial charge is 0.246 e. The molecule has 1 amide bonds. The fraction of sp³-hybridized carbons (Fsp3) is 0.625. The largest absolute Gasteiger partial charge is 0.300 e. The van der Waals surface area contributed by atoms with Crippen molar-refractivity contribution < 1.29 is 4.79 Å². The summed E-state index contributed by atoms with van der Waals surface area (Å²) >= 11 is 6.83. The van der Waals surface area contributed by atoms with Crippen LogP contribution < -0.4 is 5.32 Å². The number of nitrogens with zero attached hydrogens (tertiary/aromatic N) is 3. The third-order valence-corrected chi connectivity index (χ3v) is 5.83. The number of fused-ring (bicyclic) bond motifs is 1. The van der Waals surface area contributed by atoms with E-state index in [0.717, 1.165) is 43.1 Å². The number of hydrogen-bond donors (Lipinski definition) is 2. The van der Waals surface area contributed by atoms with Crippen LogP contribution in [0.3, 0.4) is 0 Å². The average Bonchev–Trinajstić information content (AvgIpc) is 3.11. The number of nitrogens with one attached hydrogen (secondary N) is 2. The molecule has 130 valence electrons. The second-order valence-corrected chi connectivity index (χ2v) is 7.71. The van der Waals surface area contributed by atoms with E-state index in [2.05, 4.69) is 34.3 Å². The van der Waals surface area contributed by atoms with Crippen molar-refractivity contribution in [2.24, 2.45) is 5.92 Å². The number of aromatic nitrogens is 4. The molecule has 0 bridgehead atoms. The van der Waals surface area contributed by atoms with Gasteiger partial charge in [0.05, 0.1) is 5.69 Å². The maximum absolute atomic E-state index is 12.4. The van der Waals surface area contributed by atoms with Gasteiger partial charge in [0.25, 0.3) is 0 Å². The number of carbonyl (C=O) groups is 1. The highest BCUT2D eigenvalue weighted by Crippen LogP contribution is 2.33. The zero-order valence-electron chi connectivity index (χ0n) is 14.1. The first-order chi connectivity index (χ1) is 11.6. The Morgan fingerprint density at radius 1 is 1.50 bits per heavy atom. The molecular formula is C16H23N5OS2. The minimum Gasteiger partial charge on any atom is -0.300 e. The minimum atomic E-state index is -0.108. The van der Waals surface area contributed by atoms with Gasteiger partial charge in [-0.2, -0.15) is 5.10 Å². The summed E-state index contributed by atoms with van der Waals surface area (Å²) in [5, 5.41) is 10.6. The van der Waals surface area contributed by atoms with Gasteiger partial charge in [-0.1, -0.05) is 20.3 Å². The molecule has 0 saturated heterocycles. The van der Waals surface area contributed by atoms with Crippen molar-refractivity contribution in [3.63, 3.8) is 0 Å². The Hall–Kier alpha value is -1.54. The van der Waals surface area contributed by atoms with E-state index in [4.69, 9.17) is 12.2 Å². The van der Waals surface area contributed by atoms with E-state index in [0.29, 0.717) is 9.90 Å². The topological polar surface area (TPSA) is 75.6 Å². The Balaban J connectivity index is 1.67. The van der Waals surface area contributed by atoms with Gasteiger partial charge in [-0.25, -0.2) is 4.98 Å². The number of H-pyrrole nitrogens is 1. The maximum Gasteiger partial charge on any atom is 0.246 e. The van der Waals surface area contributed by atoms with E-state index in [-0.39, 0.29) is 12.5 Å². The maximum atomic E-state index is 12.4. The molecule has 0 radical (unpaired) electrons. The number of anilines is 1. The summed E-state index contributed by atoms with van der Waals surface area (Å²) in [4.78, 5) is 18.3. The highest BCUT2D eigenvalue weighted by Gasteiger charge is 2.22. The molecule has 2 aromatic rings. The Kier molecular flexibility index (Phi) is 5.45. The Bertz CT molecular complexity index is 776. The lowest BCUT2D eigenvalue weighted by molar-refractivity contribution is -0.116. The molecule has 0 fully saturated rings. The van der Waals surface area contributed by atoms with Crippen LogP contribution in [-0.2, 0) is 30.6 Å². The molecule has 0 saturated carbocycles. The SMILES string of the molecule is CCCc1n[nH]c(=S)n1CC(=O)Nc1nc2c(s1)C[C@@H](CC)CC2. The molecule has 3 rings (SSSR count). The van der Waals surface area contributed by atoms with Crippen molar-refractivity contribution in [2.45, 2.75) is 58.9 Å². The third-order valence-electron chi connectivity index (χ3n) is 4.48. The van der Waals surface area contributed by atoms with Crippen LogP contribution in [0.25, 0.3) is 0 Å². The summed E-state index contributed by atoms with van der Waals surface area (Å²) in [7, 11) is 0. The minimum absolute atomic E-state index is 0.108. The molecule has 2 aromatic heterocycles. The molecule has 24 heavy (non-hydrogen) atoms. The van der Waals surface area contributed by atoms with Crippen LogP contribution in [0, 0.1) is 10.7 Å². The molecule has 1 atom stereocenters. The Labute approximate surface area is 150 Å². The summed E-state index contributed by atoms with van der Waals surface area (Å²) < 4.78 is 2.24. The number of hydrogen-bond acceptors (Lipinski definition) is 5. The third kappa shape index (κ3) is 3.75.